The lowest BCUT2D eigenvalue weighted by Gasteiger charge is -2.10. The van der Waals surface area contributed by atoms with E-state index in [4.69, 9.17) is 5.11 Å². The molecule has 2 aromatic rings. The van der Waals surface area contributed by atoms with Crippen LogP contribution in [0, 0.1) is 0 Å². The number of methoxy groups -OCH3 is 1. The fourth-order valence-corrected chi connectivity index (χ4v) is 2.11. The summed E-state index contributed by atoms with van der Waals surface area (Å²) < 4.78 is 5.60. The highest BCUT2D eigenvalue weighted by Crippen LogP contribution is 2.26. The van der Waals surface area contributed by atoms with Crippen LogP contribution in [0.25, 0.3) is 10.9 Å². The third-order valence-corrected chi connectivity index (χ3v) is 3.09. The normalized spacial score (nSPS) is 10.5. The Labute approximate surface area is 118 Å². The Morgan fingerprint density at radius 3 is 2.95 bits per heavy atom. The summed E-state index contributed by atoms with van der Waals surface area (Å²) in [6.45, 7) is 0.400. The number of anilines is 1. The number of nitrogens with one attached hydrogen (secondary N) is 1. The molecule has 0 aliphatic rings. The van der Waals surface area contributed by atoms with Gasteiger partial charge in [-0.25, -0.2) is 9.78 Å². The van der Waals surface area contributed by atoms with E-state index in [0.717, 1.165) is 15.5 Å². The number of esters is 1. The van der Waals surface area contributed by atoms with Gasteiger partial charge in [0, 0.05) is 22.1 Å². The van der Waals surface area contributed by atoms with E-state index in [-0.39, 0.29) is 12.3 Å². The number of hydrogen-bond donors (Lipinski definition) is 2. The third kappa shape index (κ3) is 3.02. The summed E-state index contributed by atoms with van der Waals surface area (Å²) >= 11 is 3.40. The summed E-state index contributed by atoms with van der Waals surface area (Å²) in [5.74, 6) is -0.489. The largest absolute Gasteiger partial charge is 0.464 e. The maximum Gasteiger partial charge on any atom is 0.356 e. The molecular weight excluding hydrogens is 312 g/mol. The van der Waals surface area contributed by atoms with Crippen molar-refractivity contribution in [1.29, 1.82) is 0 Å². The summed E-state index contributed by atoms with van der Waals surface area (Å²) in [7, 11) is 1.32. The number of hydrogen-bond acceptors (Lipinski definition) is 5. The Balaban J connectivity index is 2.58. The molecule has 2 rings (SSSR count). The van der Waals surface area contributed by atoms with Gasteiger partial charge in [-0.15, -0.1) is 0 Å². The van der Waals surface area contributed by atoms with Crippen molar-refractivity contribution in [3.63, 3.8) is 0 Å². The molecule has 0 aliphatic carbocycles. The van der Waals surface area contributed by atoms with Gasteiger partial charge in [0.1, 0.15) is 0 Å². The number of carbonyl (C=O) groups excluding carboxylic acids is 1. The minimum absolute atomic E-state index is 0.00533. The van der Waals surface area contributed by atoms with Gasteiger partial charge in [-0.1, -0.05) is 15.9 Å². The molecule has 0 aliphatic heterocycles. The van der Waals surface area contributed by atoms with Gasteiger partial charge in [-0.05, 0) is 24.3 Å². The molecule has 19 heavy (non-hydrogen) atoms. The predicted molar refractivity (Wildman–Crippen MR) is 76.4 cm³/mol. The second-order valence-corrected chi connectivity index (χ2v) is 4.77. The predicted octanol–water partition coefficient (Wildman–Crippen LogP) is 2.19. The molecule has 0 amide bonds. The van der Waals surface area contributed by atoms with Crippen LogP contribution in [-0.4, -0.2) is 36.3 Å². The minimum Gasteiger partial charge on any atom is -0.464 e. The average Bonchev–Trinajstić information content (AvgIpc) is 2.43. The van der Waals surface area contributed by atoms with Crippen molar-refractivity contribution in [1.82, 2.24) is 4.98 Å². The number of pyridine rings is 1. The first-order valence-electron chi connectivity index (χ1n) is 5.69. The van der Waals surface area contributed by atoms with Crippen LogP contribution >= 0.6 is 15.9 Å². The number of benzene rings is 1. The first kappa shape index (κ1) is 13.8. The van der Waals surface area contributed by atoms with Crippen LogP contribution in [0.3, 0.4) is 0 Å². The average molecular weight is 325 g/mol. The van der Waals surface area contributed by atoms with Gasteiger partial charge in [0.2, 0.25) is 0 Å². The van der Waals surface area contributed by atoms with E-state index in [0.29, 0.717) is 12.1 Å². The Hall–Kier alpha value is -1.66. The Kier molecular flexibility index (Phi) is 4.34. The standard InChI is InChI=1S/C13H13BrN2O3/c1-19-13(18)12-7-11(15-4-5-17)9-6-8(14)2-3-10(9)16-12/h2-3,6-7,17H,4-5H2,1H3,(H,15,16). The van der Waals surface area contributed by atoms with E-state index in [9.17, 15) is 4.79 Å². The van der Waals surface area contributed by atoms with Crippen LogP contribution < -0.4 is 5.32 Å². The quantitative estimate of drug-likeness (QED) is 0.843. The number of nitrogens with zero attached hydrogens (tertiary/aromatic N) is 1. The molecular formula is C13H13BrN2O3. The SMILES string of the molecule is COC(=O)c1cc(NCCO)c2cc(Br)ccc2n1. The molecule has 0 unspecified atom stereocenters. The Morgan fingerprint density at radius 2 is 2.26 bits per heavy atom. The van der Waals surface area contributed by atoms with E-state index in [2.05, 4.69) is 31.0 Å². The summed E-state index contributed by atoms with van der Waals surface area (Å²) in [5, 5.41) is 12.8. The fourth-order valence-electron chi connectivity index (χ4n) is 1.74. The summed E-state index contributed by atoms with van der Waals surface area (Å²) in [4.78, 5) is 15.8. The van der Waals surface area contributed by atoms with Gasteiger partial charge in [0.25, 0.3) is 0 Å². The van der Waals surface area contributed by atoms with Crippen molar-refractivity contribution in [2.75, 3.05) is 25.6 Å². The van der Waals surface area contributed by atoms with E-state index in [1.165, 1.54) is 7.11 Å². The molecule has 1 heterocycles. The highest BCUT2D eigenvalue weighted by molar-refractivity contribution is 9.10. The second-order valence-electron chi connectivity index (χ2n) is 3.86. The first-order chi connectivity index (χ1) is 9.15. The topological polar surface area (TPSA) is 71.5 Å². The summed E-state index contributed by atoms with van der Waals surface area (Å²) in [5.41, 5.74) is 1.66. The summed E-state index contributed by atoms with van der Waals surface area (Å²) in [6, 6.07) is 7.20. The lowest BCUT2D eigenvalue weighted by Crippen LogP contribution is -2.09. The van der Waals surface area contributed by atoms with Gasteiger partial charge < -0.3 is 15.2 Å². The zero-order valence-corrected chi connectivity index (χ0v) is 11.9. The third-order valence-electron chi connectivity index (χ3n) is 2.59. The Morgan fingerprint density at radius 1 is 1.47 bits per heavy atom. The van der Waals surface area contributed by atoms with Crippen molar-refractivity contribution in [3.8, 4) is 0 Å². The summed E-state index contributed by atoms with van der Waals surface area (Å²) in [6.07, 6.45) is 0. The molecule has 6 heteroatoms. The number of rotatable bonds is 4. The molecule has 5 nitrogen and oxygen atoms in total. The van der Waals surface area contributed by atoms with E-state index in [1.54, 1.807) is 6.07 Å². The molecule has 1 aromatic heterocycles. The van der Waals surface area contributed by atoms with Crippen LogP contribution in [0.4, 0.5) is 5.69 Å². The molecule has 0 bridgehead atoms. The van der Waals surface area contributed by atoms with Crippen molar-refractivity contribution < 1.29 is 14.6 Å². The van der Waals surface area contributed by atoms with Crippen molar-refractivity contribution in [3.05, 3.63) is 34.4 Å². The number of aliphatic hydroxyl groups excluding tert-OH is 1. The lowest BCUT2D eigenvalue weighted by molar-refractivity contribution is 0.0594. The molecule has 100 valence electrons. The van der Waals surface area contributed by atoms with Crippen LogP contribution in [0.5, 0.6) is 0 Å². The number of fused-ring (bicyclic) bond motifs is 1. The van der Waals surface area contributed by atoms with E-state index >= 15 is 0 Å². The smallest absolute Gasteiger partial charge is 0.356 e. The maximum atomic E-state index is 11.6. The van der Waals surface area contributed by atoms with Crippen LogP contribution in [0.15, 0.2) is 28.7 Å². The Bertz CT molecular complexity index is 616. The van der Waals surface area contributed by atoms with Gasteiger partial charge in [0.05, 0.1) is 19.2 Å². The van der Waals surface area contributed by atoms with Gasteiger partial charge in [0.15, 0.2) is 5.69 Å². The molecule has 2 N–H and O–H groups in total. The molecule has 0 spiro atoms. The van der Waals surface area contributed by atoms with E-state index < -0.39 is 5.97 Å². The minimum atomic E-state index is -0.489. The highest BCUT2D eigenvalue weighted by atomic mass is 79.9. The molecule has 0 saturated heterocycles. The van der Waals surface area contributed by atoms with Gasteiger partial charge in [-0.2, -0.15) is 0 Å². The van der Waals surface area contributed by atoms with Crippen molar-refractivity contribution in [2.45, 2.75) is 0 Å². The lowest BCUT2D eigenvalue weighted by atomic mass is 10.1. The number of aliphatic hydroxyl groups is 1. The molecule has 0 atom stereocenters. The number of aromatic nitrogens is 1. The van der Waals surface area contributed by atoms with E-state index in [1.807, 2.05) is 18.2 Å². The number of carbonyl (C=O) groups is 1. The molecule has 1 aromatic carbocycles. The van der Waals surface area contributed by atoms with Crippen molar-refractivity contribution >= 4 is 38.5 Å². The van der Waals surface area contributed by atoms with Crippen LogP contribution in [0.1, 0.15) is 10.5 Å². The molecule has 0 saturated carbocycles. The molecule has 0 radical (unpaired) electrons. The monoisotopic (exact) mass is 324 g/mol. The maximum absolute atomic E-state index is 11.6. The van der Waals surface area contributed by atoms with Crippen LogP contribution in [0.2, 0.25) is 0 Å². The zero-order chi connectivity index (χ0) is 13.8. The number of halogens is 1. The zero-order valence-electron chi connectivity index (χ0n) is 10.3. The highest BCUT2D eigenvalue weighted by Gasteiger charge is 2.12. The fraction of sp³-hybridized carbons (Fsp3) is 0.231. The van der Waals surface area contributed by atoms with Gasteiger partial charge in [-0.3, -0.25) is 0 Å². The van der Waals surface area contributed by atoms with Crippen LogP contribution in [-0.2, 0) is 4.74 Å². The number of ether oxygens (including phenoxy) is 1. The van der Waals surface area contributed by atoms with Crippen molar-refractivity contribution in [2.24, 2.45) is 0 Å². The molecule has 0 fully saturated rings. The second kappa shape index (κ2) is 5.99. The first-order valence-corrected chi connectivity index (χ1v) is 6.48. The van der Waals surface area contributed by atoms with Gasteiger partial charge >= 0.3 is 5.97 Å².